The lowest BCUT2D eigenvalue weighted by molar-refractivity contribution is -0.0588. The second kappa shape index (κ2) is 5.56. The number of rotatable bonds is 4. The zero-order valence-electron chi connectivity index (χ0n) is 9.56. The van der Waals surface area contributed by atoms with E-state index in [1.807, 2.05) is 0 Å². The Kier molecular flexibility index (Phi) is 4.45. The molecule has 2 heterocycles. The molecule has 0 unspecified atom stereocenters. The number of sulfonamides is 1. The average molecular weight is 356 g/mol. The smallest absolute Gasteiger partial charge is 0.250 e. The van der Waals surface area contributed by atoms with E-state index >= 15 is 0 Å². The van der Waals surface area contributed by atoms with Crippen LogP contribution in [0.3, 0.4) is 0 Å². The Balaban J connectivity index is 2.01. The number of nitrogens with one attached hydrogen (secondary N) is 1. The molecule has 0 bridgehead atoms. The largest absolute Gasteiger partial charge is 0.388 e. The summed E-state index contributed by atoms with van der Waals surface area (Å²) in [5, 5.41) is 10.2. The van der Waals surface area contributed by atoms with E-state index in [9.17, 15) is 13.5 Å². The summed E-state index contributed by atoms with van der Waals surface area (Å²) in [6.45, 7) is 0.944. The van der Waals surface area contributed by atoms with Crippen LogP contribution in [0.4, 0.5) is 0 Å². The first-order valence-corrected chi connectivity index (χ1v) is 8.56. The van der Waals surface area contributed by atoms with Gasteiger partial charge >= 0.3 is 0 Å². The maximum Gasteiger partial charge on any atom is 0.250 e. The molecule has 0 spiro atoms. The SMILES string of the molecule is O=S(=O)(NCC1(O)CCOCC1)c1ccc(Br)s1. The average Bonchev–Trinajstić information content (AvgIpc) is 2.76. The summed E-state index contributed by atoms with van der Waals surface area (Å²) in [7, 11) is -3.54. The third kappa shape index (κ3) is 3.52. The third-order valence-electron chi connectivity index (χ3n) is 2.83. The van der Waals surface area contributed by atoms with Crippen LogP contribution in [-0.2, 0) is 14.8 Å². The number of hydrogen-bond acceptors (Lipinski definition) is 5. The van der Waals surface area contributed by atoms with Crippen molar-refractivity contribution in [3.05, 3.63) is 15.9 Å². The minimum atomic E-state index is -3.54. The van der Waals surface area contributed by atoms with Gasteiger partial charge in [0.05, 0.1) is 9.39 Å². The van der Waals surface area contributed by atoms with Gasteiger partial charge in [-0.25, -0.2) is 13.1 Å². The topological polar surface area (TPSA) is 75.6 Å². The number of halogens is 1. The first kappa shape index (κ1) is 14.4. The van der Waals surface area contributed by atoms with Crippen LogP contribution >= 0.6 is 27.3 Å². The van der Waals surface area contributed by atoms with Crippen LogP contribution < -0.4 is 4.72 Å². The highest BCUT2D eigenvalue weighted by atomic mass is 79.9. The molecule has 0 saturated carbocycles. The molecule has 1 aliphatic rings. The molecule has 1 fully saturated rings. The Morgan fingerprint density at radius 3 is 2.67 bits per heavy atom. The molecule has 1 aromatic rings. The molecule has 0 radical (unpaired) electrons. The highest BCUT2D eigenvalue weighted by molar-refractivity contribution is 9.11. The molecule has 0 aliphatic carbocycles. The molecule has 0 amide bonds. The summed E-state index contributed by atoms with van der Waals surface area (Å²) in [6, 6.07) is 3.22. The highest BCUT2D eigenvalue weighted by Crippen LogP contribution is 2.26. The van der Waals surface area contributed by atoms with Crippen molar-refractivity contribution in [1.29, 1.82) is 0 Å². The van der Waals surface area contributed by atoms with Crippen molar-refractivity contribution < 1.29 is 18.3 Å². The molecular formula is C10H14BrNO4S2. The molecule has 1 saturated heterocycles. The lowest BCUT2D eigenvalue weighted by Crippen LogP contribution is -2.46. The van der Waals surface area contributed by atoms with Gasteiger partial charge in [0.2, 0.25) is 10.0 Å². The van der Waals surface area contributed by atoms with Gasteiger partial charge in [-0.05, 0) is 28.1 Å². The number of ether oxygens (including phenoxy) is 1. The summed E-state index contributed by atoms with van der Waals surface area (Å²) in [5.41, 5.74) is -1.00. The summed E-state index contributed by atoms with van der Waals surface area (Å²) in [4.78, 5) is 0. The monoisotopic (exact) mass is 355 g/mol. The predicted molar refractivity (Wildman–Crippen MR) is 72.2 cm³/mol. The van der Waals surface area contributed by atoms with E-state index in [2.05, 4.69) is 20.7 Å². The quantitative estimate of drug-likeness (QED) is 0.854. The number of aliphatic hydroxyl groups is 1. The van der Waals surface area contributed by atoms with Crippen molar-refractivity contribution in [3.8, 4) is 0 Å². The Labute approximate surface area is 118 Å². The molecule has 2 rings (SSSR count). The fourth-order valence-electron chi connectivity index (χ4n) is 1.67. The van der Waals surface area contributed by atoms with Crippen molar-refractivity contribution in [2.45, 2.75) is 22.7 Å². The molecule has 1 aliphatic heterocycles. The van der Waals surface area contributed by atoms with Crippen molar-refractivity contribution >= 4 is 37.3 Å². The second-order valence-electron chi connectivity index (χ2n) is 4.22. The Bertz CT molecular complexity index is 508. The first-order chi connectivity index (χ1) is 8.41. The minimum Gasteiger partial charge on any atom is -0.388 e. The highest BCUT2D eigenvalue weighted by Gasteiger charge is 2.31. The van der Waals surface area contributed by atoms with E-state index in [1.54, 1.807) is 6.07 Å². The van der Waals surface area contributed by atoms with Crippen LogP contribution in [0.1, 0.15) is 12.8 Å². The zero-order chi connectivity index (χ0) is 13.2. The van der Waals surface area contributed by atoms with Crippen LogP contribution in [-0.4, -0.2) is 38.9 Å². The zero-order valence-corrected chi connectivity index (χ0v) is 12.8. The Morgan fingerprint density at radius 1 is 1.44 bits per heavy atom. The summed E-state index contributed by atoms with van der Waals surface area (Å²) in [6.07, 6.45) is 0.896. The molecule has 102 valence electrons. The molecule has 5 nitrogen and oxygen atoms in total. The van der Waals surface area contributed by atoms with Gasteiger partial charge in [-0.3, -0.25) is 0 Å². The van der Waals surface area contributed by atoms with Gasteiger partial charge in [0.25, 0.3) is 0 Å². The van der Waals surface area contributed by atoms with Crippen LogP contribution in [0.5, 0.6) is 0 Å². The predicted octanol–water partition coefficient (Wildman–Crippen LogP) is 1.33. The molecule has 8 heteroatoms. The van der Waals surface area contributed by atoms with E-state index in [4.69, 9.17) is 4.74 Å². The van der Waals surface area contributed by atoms with Crippen LogP contribution in [0.25, 0.3) is 0 Å². The van der Waals surface area contributed by atoms with E-state index in [-0.39, 0.29) is 10.8 Å². The lowest BCUT2D eigenvalue weighted by atomic mass is 9.95. The molecule has 2 N–H and O–H groups in total. The fourth-order valence-corrected chi connectivity index (χ4v) is 4.84. The van der Waals surface area contributed by atoms with Gasteiger partial charge in [-0.1, -0.05) is 0 Å². The Morgan fingerprint density at radius 2 is 2.11 bits per heavy atom. The van der Waals surface area contributed by atoms with E-state index < -0.39 is 15.6 Å². The Hall–Kier alpha value is 0.01000. The van der Waals surface area contributed by atoms with Gasteiger partial charge in [-0.2, -0.15) is 0 Å². The molecule has 0 aromatic carbocycles. The normalized spacial score (nSPS) is 19.9. The van der Waals surface area contributed by atoms with Crippen LogP contribution in [0.2, 0.25) is 0 Å². The molecule has 18 heavy (non-hydrogen) atoms. The van der Waals surface area contributed by atoms with Crippen molar-refractivity contribution in [1.82, 2.24) is 4.72 Å². The minimum absolute atomic E-state index is 0.0220. The first-order valence-electron chi connectivity index (χ1n) is 5.46. The number of hydrogen-bond donors (Lipinski definition) is 2. The van der Waals surface area contributed by atoms with Gasteiger partial charge in [-0.15, -0.1) is 11.3 Å². The third-order valence-corrected chi connectivity index (χ3v) is 6.34. The molecule has 0 atom stereocenters. The van der Waals surface area contributed by atoms with Gasteiger partial charge < -0.3 is 9.84 Å². The van der Waals surface area contributed by atoms with Gasteiger partial charge in [0.1, 0.15) is 4.21 Å². The number of thiophene rings is 1. The van der Waals surface area contributed by atoms with E-state index in [1.165, 1.54) is 6.07 Å². The maximum absolute atomic E-state index is 12.0. The van der Waals surface area contributed by atoms with Gasteiger partial charge in [0.15, 0.2) is 0 Å². The van der Waals surface area contributed by atoms with Crippen LogP contribution in [0.15, 0.2) is 20.1 Å². The van der Waals surface area contributed by atoms with E-state index in [0.29, 0.717) is 26.1 Å². The lowest BCUT2D eigenvalue weighted by Gasteiger charge is -2.31. The summed E-state index contributed by atoms with van der Waals surface area (Å²) < 4.78 is 32.5. The summed E-state index contributed by atoms with van der Waals surface area (Å²) >= 11 is 4.36. The summed E-state index contributed by atoms with van der Waals surface area (Å²) in [5.74, 6) is 0. The van der Waals surface area contributed by atoms with Crippen molar-refractivity contribution in [3.63, 3.8) is 0 Å². The van der Waals surface area contributed by atoms with Crippen molar-refractivity contribution in [2.75, 3.05) is 19.8 Å². The van der Waals surface area contributed by atoms with E-state index in [0.717, 1.165) is 15.1 Å². The van der Waals surface area contributed by atoms with Gasteiger partial charge in [0, 0.05) is 32.6 Å². The maximum atomic E-state index is 12.0. The van der Waals surface area contributed by atoms with Crippen LogP contribution in [0, 0.1) is 0 Å². The second-order valence-corrected chi connectivity index (χ2v) is 8.68. The molecule has 1 aromatic heterocycles. The standard InChI is InChI=1S/C10H14BrNO4S2/c11-8-1-2-9(17-8)18(14,15)12-7-10(13)3-5-16-6-4-10/h1-2,12-13H,3-7H2. The van der Waals surface area contributed by atoms with Crippen molar-refractivity contribution in [2.24, 2.45) is 0 Å². The molecular weight excluding hydrogens is 342 g/mol. The fraction of sp³-hybridized carbons (Fsp3) is 0.600.